The molecule has 3 rings (SSSR count). The number of carbonyl (C=O) groups excluding carboxylic acids is 1. The van der Waals surface area contributed by atoms with Gasteiger partial charge < -0.3 is 9.64 Å². The van der Waals surface area contributed by atoms with E-state index in [1.807, 2.05) is 27.7 Å². The first-order chi connectivity index (χ1) is 12.5. The standard InChI is InChI=1S/C19H27N3O4S/c1-14-5-7-16(8-6-14)27(24,25)21-20-15-9-12-22(19(13-15)10-11-19)17(23)26-18(2,3)4/h5-8,21H,9-13H2,1-4H3/b20-15+. The monoisotopic (exact) mass is 393 g/mol. The van der Waals surface area contributed by atoms with Crippen molar-refractivity contribution < 1.29 is 17.9 Å². The van der Waals surface area contributed by atoms with Gasteiger partial charge >= 0.3 is 6.09 Å². The summed E-state index contributed by atoms with van der Waals surface area (Å²) in [4.78, 5) is 16.8. The Kier molecular flexibility index (Phi) is 4.96. The summed E-state index contributed by atoms with van der Waals surface area (Å²) in [5.74, 6) is 0. The zero-order valence-corrected chi connectivity index (χ0v) is 17.1. The molecule has 148 valence electrons. The van der Waals surface area contributed by atoms with E-state index >= 15 is 0 Å². The number of carbonyl (C=O) groups is 1. The van der Waals surface area contributed by atoms with Crippen LogP contribution in [0.3, 0.4) is 0 Å². The Balaban J connectivity index is 1.67. The fraction of sp³-hybridized carbons (Fsp3) is 0.579. The van der Waals surface area contributed by atoms with Gasteiger partial charge in [-0.1, -0.05) is 17.7 Å². The summed E-state index contributed by atoms with van der Waals surface area (Å²) in [6.45, 7) is 7.93. The molecule has 0 radical (unpaired) electrons. The molecule has 1 heterocycles. The molecule has 1 aliphatic heterocycles. The number of aryl methyl sites for hydroxylation is 1. The lowest BCUT2D eigenvalue weighted by Gasteiger charge is -2.37. The molecule has 0 atom stereocenters. The van der Waals surface area contributed by atoms with Crippen LogP contribution in [0.1, 0.15) is 52.0 Å². The molecule has 0 unspecified atom stereocenters. The Morgan fingerprint density at radius 3 is 2.41 bits per heavy atom. The van der Waals surface area contributed by atoms with Gasteiger partial charge in [0, 0.05) is 25.1 Å². The minimum atomic E-state index is -3.69. The molecule has 1 saturated heterocycles. The molecule has 8 heteroatoms. The third kappa shape index (κ3) is 4.61. The number of hydrazone groups is 1. The zero-order valence-electron chi connectivity index (χ0n) is 16.3. The second kappa shape index (κ2) is 6.82. The fourth-order valence-electron chi connectivity index (χ4n) is 3.22. The molecule has 1 spiro atoms. The van der Waals surface area contributed by atoms with E-state index < -0.39 is 15.6 Å². The number of nitrogens with zero attached hydrogens (tertiary/aromatic N) is 2. The fourth-order valence-corrected chi connectivity index (χ4v) is 4.07. The smallest absolute Gasteiger partial charge is 0.410 e. The summed E-state index contributed by atoms with van der Waals surface area (Å²) >= 11 is 0. The molecule has 27 heavy (non-hydrogen) atoms. The first-order valence-electron chi connectivity index (χ1n) is 9.15. The summed E-state index contributed by atoms with van der Waals surface area (Å²) in [6, 6.07) is 6.62. The first kappa shape index (κ1) is 19.7. The lowest BCUT2D eigenvalue weighted by Crippen LogP contribution is -2.50. The van der Waals surface area contributed by atoms with Crippen molar-refractivity contribution in [2.24, 2.45) is 5.10 Å². The highest BCUT2D eigenvalue weighted by molar-refractivity contribution is 7.89. The van der Waals surface area contributed by atoms with Gasteiger partial charge in [0.15, 0.2) is 0 Å². The summed E-state index contributed by atoms with van der Waals surface area (Å²) < 4.78 is 30.3. The SMILES string of the molecule is Cc1ccc(S(=O)(=O)N/N=C2\CCN(C(=O)OC(C)(C)C)C3(CC3)C2)cc1. The number of rotatable bonds is 3. The van der Waals surface area contributed by atoms with Crippen LogP contribution in [-0.2, 0) is 14.8 Å². The predicted octanol–water partition coefficient (Wildman–Crippen LogP) is 3.19. The second-order valence-corrected chi connectivity index (χ2v) is 10.0. The molecule has 1 saturated carbocycles. The van der Waals surface area contributed by atoms with Crippen LogP contribution in [0.4, 0.5) is 4.79 Å². The van der Waals surface area contributed by atoms with Gasteiger partial charge in [-0.3, -0.25) is 0 Å². The average Bonchev–Trinajstić information content (AvgIpc) is 3.31. The molecule has 7 nitrogen and oxygen atoms in total. The molecule has 2 fully saturated rings. The van der Waals surface area contributed by atoms with E-state index in [1.54, 1.807) is 29.2 Å². The molecule has 0 bridgehead atoms. The summed E-state index contributed by atoms with van der Waals surface area (Å²) in [6.07, 6.45) is 2.56. The zero-order chi connectivity index (χ0) is 19.9. The second-order valence-electron chi connectivity index (χ2n) is 8.37. The van der Waals surface area contributed by atoms with Crippen molar-refractivity contribution in [1.82, 2.24) is 9.73 Å². The lowest BCUT2D eigenvalue weighted by atomic mass is 9.98. The highest BCUT2D eigenvalue weighted by atomic mass is 32.2. The molecule has 1 amide bonds. The van der Waals surface area contributed by atoms with E-state index in [-0.39, 0.29) is 16.5 Å². The minimum Gasteiger partial charge on any atom is -0.444 e. The predicted molar refractivity (Wildman–Crippen MR) is 103 cm³/mol. The molecule has 1 aromatic carbocycles. The Morgan fingerprint density at radius 2 is 1.85 bits per heavy atom. The summed E-state index contributed by atoms with van der Waals surface area (Å²) in [5, 5.41) is 4.16. The van der Waals surface area contributed by atoms with Crippen LogP contribution in [0.5, 0.6) is 0 Å². The van der Waals surface area contributed by atoms with E-state index in [2.05, 4.69) is 9.93 Å². The van der Waals surface area contributed by atoms with Gasteiger partial charge in [0.05, 0.1) is 10.4 Å². The number of hydrogen-bond acceptors (Lipinski definition) is 5. The molecular formula is C19H27N3O4S. The van der Waals surface area contributed by atoms with Crippen LogP contribution in [0.2, 0.25) is 0 Å². The highest BCUT2D eigenvalue weighted by Gasteiger charge is 2.53. The highest BCUT2D eigenvalue weighted by Crippen LogP contribution is 2.48. The van der Waals surface area contributed by atoms with Crippen LogP contribution >= 0.6 is 0 Å². The van der Waals surface area contributed by atoms with Crippen molar-refractivity contribution in [3.63, 3.8) is 0 Å². The van der Waals surface area contributed by atoms with Crippen molar-refractivity contribution >= 4 is 21.8 Å². The summed E-state index contributed by atoms with van der Waals surface area (Å²) in [5.41, 5.74) is 0.952. The Morgan fingerprint density at radius 1 is 1.22 bits per heavy atom. The number of ether oxygens (including phenoxy) is 1. The number of amides is 1. The van der Waals surface area contributed by atoms with Crippen LogP contribution in [0.15, 0.2) is 34.3 Å². The quantitative estimate of drug-likeness (QED) is 0.799. The van der Waals surface area contributed by atoms with Gasteiger partial charge in [-0.15, -0.1) is 0 Å². The van der Waals surface area contributed by atoms with E-state index in [1.165, 1.54) is 0 Å². The number of sulfonamides is 1. The van der Waals surface area contributed by atoms with E-state index in [0.717, 1.165) is 24.1 Å². The van der Waals surface area contributed by atoms with Crippen molar-refractivity contribution in [2.45, 2.75) is 69.4 Å². The largest absolute Gasteiger partial charge is 0.444 e. The van der Waals surface area contributed by atoms with Crippen molar-refractivity contribution in [1.29, 1.82) is 0 Å². The van der Waals surface area contributed by atoms with E-state index in [9.17, 15) is 13.2 Å². The van der Waals surface area contributed by atoms with Crippen molar-refractivity contribution in [2.75, 3.05) is 6.54 Å². The number of benzene rings is 1. The summed E-state index contributed by atoms with van der Waals surface area (Å²) in [7, 11) is -3.69. The van der Waals surface area contributed by atoms with Crippen LogP contribution in [0.25, 0.3) is 0 Å². The topological polar surface area (TPSA) is 88.1 Å². The Labute approximate surface area is 160 Å². The van der Waals surface area contributed by atoms with Gasteiger partial charge in [-0.25, -0.2) is 9.63 Å². The van der Waals surface area contributed by atoms with Gasteiger partial charge in [-0.05, 0) is 52.7 Å². The first-order valence-corrected chi connectivity index (χ1v) is 10.6. The van der Waals surface area contributed by atoms with Gasteiger partial charge in [0.1, 0.15) is 5.60 Å². The molecule has 1 aliphatic carbocycles. The maximum Gasteiger partial charge on any atom is 0.410 e. The molecule has 2 aliphatic rings. The Bertz CT molecular complexity index is 850. The average molecular weight is 394 g/mol. The molecule has 0 aromatic heterocycles. The lowest BCUT2D eigenvalue weighted by molar-refractivity contribution is 0.0122. The number of piperidine rings is 1. The van der Waals surface area contributed by atoms with Gasteiger partial charge in [0.25, 0.3) is 10.0 Å². The van der Waals surface area contributed by atoms with Gasteiger partial charge in [-0.2, -0.15) is 13.5 Å². The molecule has 1 aromatic rings. The van der Waals surface area contributed by atoms with Crippen LogP contribution < -0.4 is 4.83 Å². The van der Waals surface area contributed by atoms with Crippen LogP contribution in [0, 0.1) is 6.92 Å². The third-order valence-corrected chi connectivity index (χ3v) is 6.05. The molecular weight excluding hydrogens is 366 g/mol. The number of hydrogen-bond donors (Lipinski definition) is 1. The van der Waals surface area contributed by atoms with E-state index in [4.69, 9.17) is 4.74 Å². The number of likely N-dealkylation sites (tertiary alicyclic amines) is 1. The van der Waals surface area contributed by atoms with Gasteiger partial charge in [0.2, 0.25) is 0 Å². The normalized spacial score (nSPS) is 20.6. The maximum absolute atomic E-state index is 12.5. The van der Waals surface area contributed by atoms with Crippen molar-refractivity contribution in [3.05, 3.63) is 29.8 Å². The van der Waals surface area contributed by atoms with E-state index in [0.29, 0.717) is 19.4 Å². The third-order valence-electron chi connectivity index (χ3n) is 4.83. The Hall–Kier alpha value is -2.09. The molecule has 1 N–H and O–H groups in total. The maximum atomic E-state index is 12.5. The number of nitrogens with one attached hydrogen (secondary N) is 1. The van der Waals surface area contributed by atoms with Crippen LogP contribution in [-0.4, -0.2) is 42.8 Å². The minimum absolute atomic E-state index is 0.185. The van der Waals surface area contributed by atoms with Crippen molar-refractivity contribution in [3.8, 4) is 0 Å².